The molecular weight excluding hydrogens is 218 g/mol. The number of rotatable bonds is 5. The summed E-state index contributed by atoms with van der Waals surface area (Å²) < 4.78 is 4.95. The van der Waals surface area contributed by atoms with E-state index in [0.717, 1.165) is 51.6 Å². The van der Waals surface area contributed by atoms with E-state index in [2.05, 4.69) is 32.3 Å². The van der Waals surface area contributed by atoms with Crippen LogP contribution < -0.4 is 5.32 Å². The van der Waals surface area contributed by atoms with Crippen molar-refractivity contribution in [3.63, 3.8) is 0 Å². The van der Waals surface area contributed by atoms with E-state index in [0.29, 0.717) is 5.89 Å². The van der Waals surface area contributed by atoms with Gasteiger partial charge in [0.15, 0.2) is 5.82 Å². The molecule has 1 aliphatic heterocycles. The standard InChI is InChI=1S/C11H21N5O/c1-10-13-11(14-17-10)9-15(2)7-8-16-5-3-12-4-6-16/h12H,3-9H2,1-2H3. The van der Waals surface area contributed by atoms with Crippen LogP contribution in [0.25, 0.3) is 0 Å². The van der Waals surface area contributed by atoms with Gasteiger partial charge in [0.05, 0.1) is 6.54 Å². The third-order valence-electron chi connectivity index (χ3n) is 2.99. The van der Waals surface area contributed by atoms with Crippen LogP contribution in [0.2, 0.25) is 0 Å². The second kappa shape index (κ2) is 6.09. The Morgan fingerprint density at radius 3 is 2.82 bits per heavy atom. The van der Waals surface area contributed by atoms with Crippen molar-refractivity contribution >= 4 is 0 Å². The SMILES string of the molecule is Cc1nc(CN(C)CCN2CCNCC2)no1. The van der Waals surface area contributed by atoms with Crippen LogP contribution in [0, 0.1) is 6.92 Å². The Balaban J connectivity index is 1.68. The Kier molecular flexibility index (Phi) is 4.47. The molecule has 6 heteroatoms. The van der Waals surface area contributed by atoms with Gasteiger partial charge >= 0.3 is 0 Å². The fourth-order valence-electron chi connectivity index (χ4n) is 1.97. The normalized spacial score (nSPS) is 17.8. The molecule has 0 amide bonds. The number of nitrogens with one attached hydrogen (secondary N) is 1. The molecule has 96 valence electrons. The third-order valence-corrected chi connectivity index (χ3v) is 2.99. The summed E-state index contributed by atoms with van der Waals surface area (Å²) in [6.07, 6.45) is 0. The third kappa shape index (κ3) is 4.07. The molecule has 17 heavy (non-hydrogen) atoms. The van der Waals surface area contributed by atoms with Gasteiger partial charge in [-0.1, -0.05) is 5.16 Å². The van der Waals surface area contributed by atoms with Crippen LogP contribution in [0.1, 0.15) is 11.7 Å². The van der Waals surface area contributed by atoms with Crippen molar-refractivity contribution in [2.24, 2.45) is 0 Å². The summed E-state index contributed by atoms with van der Waals surface area (Å²) in [5.74, 6) is 1.40. The Morgan fingerprint density at radius 1 is 1.41 bits per heavy atom. The lowest BCUT2D eigenvalue weighted by atomic mass is 10.3. The van der Waals surface area contributed by atoms with Crippen LogP contribution in [-0.2, 0) is 6.54 Å². The molecule has 1 N–H and O–H groups in total. The number of likely N-dealkylation sites (N-methyl/N-ethyl adjacent to an activating group) is 1. The van der Waals surface area contributed by atoms with E-state index >= 15 is 0 Å². The highest BCUT2D eigenvalue weighted by Crippen LogP contribution is 2.00. The van der Waals surface area contributed by atoms with Crippen LogP contribution in [0.15, 0.2) is 4.52 Å². The van der Waals surface area contributed by atoms with Crippen molar-refractivity contribution in [1.29, 1.82) is 0 Å². The average molecular weight is 239 g/mol. The molecule has 0 radical (unpaired) electrons. The summed E-state index contributed by atoms with van der Waals surface area (Å²) in [6.45, 7) is 9.22. The molecule has 2 rings (SSSR count). The zero-order valence-corrected chi connectivity index (χ0v) is 10.6. The van der Waals surface area contributed by atoms with Gasteiger partial charge in [0.25, 0.3) is 0 Å². The lowest BCUT2D eigenvalue weighted by molar-refractivity contribution is 0.200. The predicted octanol–water partition coefficient (Wildman–Crippen LogP) is -0.285. The molecule has 1 fully saturated rings. The summed E-state index contributed by atoms with van der Waals surface area (Å²) in [7, 11) is 2.09. The molecule has 0 spiro atoms. The van der Waals surface area contributed by atoms with Crippen molar-refractivity contribution in [3.05, 3.63) is 11.7 Å². The number of nitrogens with zero attached hydrogens (tertiary/aromatic N) is 4. The number of hydrogen-bond acceptors (Lipinski definition) is 6. The van der Waals surface area contributed by atoms with Crippen molar-refractivity contribution in [3.8, 4) is 0 Å². The van der Waals surface area contributed by atoms with Gasteiger partial charge in [0.1, 0.15) is 0 Å². The Bertz CT molecular complexity index is 334. The maximum absolute atomic E-state index is 4.95. The lowest BCUT2D eigenvalue weighted by Crippen LogP contribution is -2.45. The first-order valence-corrected chi connectivity index (χ1v) is 6.15. The van der Waals surface area contributed by atoms with Crippen molar-refractivity contribution in [2.75, 3.05) is 46.3 Å². The molecule has 0 aliphatic carbocycles. The number of aromatic nitrogens is 2. The van der Waals surface area contributed by atoms with Crippen LogP contribution in [0.4, 0.5) is 0 Å². The highest BCUT2D eigenvalue weighted by atomic mass is 16.5. The van der Waals surface area contributed by atoms with Crippen LogP contribution in [0.3, 0.4) is 0 Å². The minimum absolute atomic E-state index is 0.635. The largest absolute Gasteiger partial charge is 0.340 e. The van der Waals surface area contributed by atoms with Gasteiger partial charge < -0.3 is 9.84 Å². The number of piperazine rings is 1. The highest BCUT2D eigenvalue weighted by molar-refractivity contribution is 4.83. The van der Waals surface area contributed by atoms with Gasteiger partial charge in [-0.05, 0) is 7.05 Å². The molecule has 1 aromatic rings. The summed E-state index contributed by atoms with van der Waals surface area (Å²) >= 11 is 0. The van der Waals surface area contributed by atoms with Gasteiger partial charge in [0.2, 0.25) is 5.89 Å². The Hall–Kier alpha value is -0.980. The molecule has 1 aromatic heterocycles. The molecule has 0 unspecified atom stereocenters. The first kappa shape index (κ1) is 12.5. The van der Waals surface area contributed by atoms with E-state index in [1.165, 1.54) is 0 Å². The molecule has 0 bridgehead atoms. The minimum atomic E-state index is 0.635. The molecular formula is C11H21N5O. The Labute approximate surface area is 102 Å². The molecule has 2 heterocycles. The summed E-state index contributed by atoms with van der Waals surface area (Å²) in [5.41, 5.74) is 0. The molecule has 1 aliphatic rings. The van der Waals surface area contributed by atoms with Crippen LogP contribution in [-0.4, -0.2) is 66.3 Å². The van der Waals surface area contributed by atoms with E-state index in [9.17, 15) is 0 Å². The molecule has 0 saturated carbocycles. The highest BCUT2D eigenvalue weighted by Gasteiger charge is 2.11. The fourth-order valence-corrected chi connectivity index (χ4v) is 1.97. The van der Waals surface area contributed by atoms with Gasteiger partial charge in [-0.25, -0.2) is 0 Å². The van der Waals surface area contributed by atoms with Gasteiger partial charge in [-0.15, -0.1) is 0 Å². The Morgan fingerprint density at radius 2 is 2.18 bits per heavy atom. The second-order valence-electron chi connectivity index (χ2n) is 4.56. The minimum Gasteiger partial charge on any atom is -0.340 e. The summed E-state index contributed by atoms with van der Waals surface area (Å²) in [4.78, 5) is 8.91. The van der Waals surface area contributed by atoms with Crippen LogP contribution >= 0.6 is 0 Å². The summed E-state index contributed by atoms with van der Waals surface area (Å²) in [6, 6.07) is 0. The molecule has 0 aromatic carbocycles. The predicted molar refractivity (Wildman–Crippen MR) is 64.7 cm³/mol. The number of hydrogen-bond donors (Lipinski definition) is 1. The van der Waals surface area contributed by atoms with E-state index in [1.54, 1.807) is 0 Å². The van der Waals surface area contributed by atoms with Crippen molar-refractivity contribution in [1.82, 2.24) is 25.3 Å². The maximum atomic E-state index is 4.95. The zero-order valence-electron chi connectivity index (χ0n) is 10.6. The van der Waals surface area contributed by atoms with Crippen molar-refractivity contribution < 1.29 is 4.52 Å². The van der Waals surface area contributed by atoms with Crippen molar-refractivity contribution in [2.45, 2.75) is 13.5 Å². The van der Waals surface area contributed by atoms with Gasteiger partial charge in [-0.3, -0.25) is 9.80 Å². The van der Waals surface area contributed by atoms with E-state index in [-0.39, 0.29) is 0 Å². The molecule has 0 atom stereocenters. The van der Waals surface area contributed by atoms with Crippen LogP contribution in [0.5, 0.6) is 0 Å². The number of aryl methyl sites for hydroxylation is 1. The van der Waals surface area contributed by atoms with E-state index < -0.39 is 0 Å². The van der Waals surface area contributed by atoms with Gasteiger partial charge in [-0.2, -0.15) is 4.98 Å². The maximum Gasteiger partial charge on any atom is 0.223 e. The quantitative estimate of drug-likeness (QED) is 0.762. The first-order valence-electron chi connectivity index (χ1n) is 6.15. The second-order valence-corrected chi connectivity index (χ2v) is 4.56. The monoisotopic (exact) mass is 239 g/mol. The summed E-state index contributed by atoms with van der Waals surface area (Å²) in [5, 5.41) is 7.26. The molecule has 6 nitrogen and oxygen atoms in total. The average Bonchev–Trinajstić information content (AvgIpc) is 2.73. The topological polar surface area (TPSA) is 57.4 Å². The van der Waals surface area contributed by atoms with Gasteiger partial charge in [0, 0.05) is 46.2 Å². The smallest absolute Gasteiger partial charge is 0.223 e. The zero-order chi connectivity index (χ0) is 12.1. The fraction of sp³-hybridized carbons (Fsp3) is 0.818. The van der Waals surface area contributed by atoms with E-state index in [4.69, 9.17) is 4.52 Å². The van der Waals surface area contributed by atoms with E-state index in [1.807, 2.05) is 6.92 Å². The molecule has 1 saturated heterocycles. The first-order chi connectivity index (χ1) is 8.24. The lowest BCUT2D eigenvalue weighted by Gasteiger charge is -2.28.